The van der Waals surface area contributed by atoms with Gasteiger partial charge in [0, 0.05) is 19.4 Å². The lowest BCUT2D eigenvalue weighted by molar-refractivity contribution is -0.143. The molecule has 0 heterocycles. The van der Waals surface area contributed by atoms with E-state index in [0.717, 1.165) is 0 Å². The van der Waals surface area contributed by atoms with E-state index in [1.807, 2.05) is 0 Å². The number of carboxylic acids is 2. The number of nitrogens with zero attached hydrogens (tertiary/aromatic N) is 1. The van der Waals surface area contributed by atoms with Gasteiger partial charge in [0.15, 0.2) is 5.96 Å². The summed E-state index contributed by atoms with van der Waals surface area (Å²) < 4.78 is 0. The molecule has 1 aromatic carbocycles. The van der Waals surface area contributed by atoms with Crippen LogP contribution in [0.4, 0.5) is 0 Å². The molecule has 3 atom stereocenters. The van der Waals surface area contributed by atoms with Crippen molar-refractivity contribution >= 4 is 35.6 Å². The van der Waals surface area contributed by atoms with E-state index in [4.69, 9.17) is 22.3 Å². The van der Waals surface area contributed by atoms with Gasteiger partial charge in [-0.1, -0.05) is 30.3 Å². The van der Waals surface area contributed by atoms with Crippen LogP contribution in [0.15, 0.2) is 35.3 Å². The Morgan fingerprint density at radius 1 is 0.917 bits per heavy atom. The van der Waals surface area contributed by atoms with E-state index in [9.17, 15) is 29.1 Å². The predicted octanol–water partition coefficient (Wildman–Crippen LogP) is -2.35. The number of carbonyl (C=O) groups is 5. The summed E-state index contributed by atoms with van der Waals surface area (Å²) in [4.78, 5) is 63.4. The lowest BCUT2D eigenvalue weighted by Gasteiger charge is -2.22. The van der Waals surface area contributed by atoms with Crippen molar-refractivity contribution in [2.24, 2.45) is 22.2 Å². The third kappa shape index (κ3) is 12.3. The summed E-state index contributed by atoms with van der Waals surface area (Å²) in [6.45, 7) is -0.176. The van der Waals surface area contributed by atoms with Gasteiger partial charge in [-0.15, -0.1) is 0 Å². The Kier molecular flexibility index (Phi) is 13.0. The second-order valence-electron chi connectivity index (χ2n) is 7.91. The lowest BCUT2D eigenvalue weighted by Crippen LogP contribution is -2.54. The number of amides is 3. The zero-order chi connectivity index (χ0) is 27.1. The van der Waals surface area contributed by atoms with E-state index >= 15 is 0 Å². The molecule has 0 aliphatic heterocycles. The van der Waals surface area contributed by atoms with Crippen LogP contribution in [0.1, 0.15) is 31.2 Å². The van der Waals surface area contributed by atoms with Gasteiger partial charge in [0.2, 0.25) is 17.7 Å². The number of guanidine groups is 1. The molecule has 0 saturated carbocycles. The number of hydrogen-bond donors (Lipinski definition) is 8. The maximum absolute atomic E-state index is 12.8. The molecular weight excluding hydrogens is 474 g/mol. The molecule has 0 radical (unpaired) electrons. The molecule has 1 aromatic rings. The average molecular weight is 508 g/mol. The zero-order valence-electron chi connectivity index (χ0n) is 19.7. The number of hydrogen-bond acceptors (Lipinski definition) is 7. The van der Waals surface area contributed by atoms with Crippen LogP contribution in [0.5, 0.6) is 0 Å². The van der Waals surface area contributed by atoms with E-state index in [1.165, 1.54) is 0 Å². The minimum atomic E-state index is -1.46. The number of nitrogens with two attached hydrogens (primary N) is 3. The molecule has 0 unspecified atom stereocenters. The fourth-order valence-corrected chi connectivity index (χ4v) is 3.05. The molecule has 0 fully saturated rings. The van der Waals surface area contributed by atoms with Gasteiger partial charge < -0.3 is 43.4 Å². The van der Waals surface area contributed by atoms with E-state index < -0.39 is 60.8 Å². The van der Waals surface area contributed by atoms with E-state index in [1.54, 1.807) is 30.3 Å². The van der Waals surface area contributed by atoms with Gasteiger partial charge in [-0.2, -0.15) is 0 Å². The molecule has 36 heavy (non-hydrogen) atoms. The molecular formula is C22H33N7O7. The van der Waals surface area contributed by atoms with Crippen LogP contribution in [-0.4, -0.2) is 77.0 Å². The number of nitrogens with one attached hydrogen (secondary N) is 3. The first-order chi connectivity index (χ1) is 17.0. The summed E-state index contributed by atoms with van der Waals surface area (Å²) in [5.41, 5.74) is 16.9. The minimum absolute atomic E-state index is 0.0297. The first-order valence-corrected chi connectivity index (χ1v) is 11.2. The molecule has 0 aromatic heterocycles. The number of rotatable bonds is 16. The molecule has 14 heteroatoms. The standard InChI is InChI=1S/C22H33N7O7/c23-14(7-4-10-26-22(24)25)19(33)27-12-17(30)28-16(11-13-5-2-1-3-6-13)20(34)29-15(21(35)36)8-9-18(31)32/h1-3,5-6,14-16H,4,7-12,23H2,(H,27,33)(H,28,30)(H,29,34)(H,31,32)(H,35,36)(H4,24,25,26)/t14-,15-,16-/m0/s1. The average Bonchev–Trinajstić information content (AvgIpc) is 2.82. The zero-order valence-corrected chi connectivity index (χ0v) is 19.7. The van der Waals surface area contributed by atoms with Crippen LogP contribution >= 0.6 is 0 Å². The second-order valence-corrected chi connectivity index (χ2v) is 7.91. The monoisotopic (exact) mass is 507 g/mol. The summed E-state index contributed by atoms with van der Waals surface area (Å²) in [6, 6.07) is 5.11. The predicted molar refractivity (Wildman–Crippen MR) is 129 cm³/mol. The first-order valence-electron chi connectivity index (χ1n) is 11.2. The highest BCUT2D eigenvalue weighted by atomic mass is 16.4. The smallest absolute Gasteiger partial charge is 0.326 e. The Balaban J connectivity index is 2.75. The third-order valence-corrected chi connectivity index (χ3v) is 4.92. The van der Waals surface area contributed by atoms with Crippen molar-refractivity contribution in [1.82, 2.24) is 16.0 Å². The van der Waals surface area contributed by atoms with Gasteiger partial charge in [-0.05, 0) is 24.8 Å². The van der Waals surface area contributed by atoms with Crippen molar-refractivity contribution in [3.63, 3.8) is 0 Å². The number of benzene rings is 1. The molecule has 0 spiro atoms. The van der Waals surface area contributed by atoms with Crippen molar-refractivity contribution in [3.05, 3.63) is 35.9 Å². The van der Waals surface area contributed by atoms with Crippen LogP contribution < -0.4 is 33.2 Å². The van der Waals surface area contributed by atoms with Gasteiger partial charge in [-0.25, -0.2) is 4.79 Å². The summed E-state index contributed by atoms with van der Waals surface area (Å²) in [6.07, 6.45) is -0.0481. The molecule has 0 saturated heterocycles. The van der Waals surface area contributed by atoms with Crippen molar-refractivity contribution in [1.29, 1.82) is 0 Å². The van der Waals surface area contributed by atoms with Crippen LogP contribution in [0.25, 0.3) is 0 Å². The van der Waals surface area contributed by atoms with Gasteiger partial charge in [-0.3, -0.25) is 24.2 Å². The fraction of sp³-hybridized carbons (Fsp3) is 0.455. The van der Waals surface area contributed by atoms with Crippen LogP contribution in [0, 0.1) is 0 Å². The van der Waals surface area contributed by atoms with Crippen LogP contribution in [0.2, 0.25) is 0 Å². The number of carboxylic acid groups (broad SMARTS) is 2. The number of carbonyl (C=O) groups excluding carboxylic acids is 3. The van der Waals surface area contributed by atoms with Crippen molar-refractivity contribution in [2.75, 3.05) is 13.1 Å². The Hall–Kier alpha value is -4.20. The van der Waals surface area contributed by atoms with E-state index in [0.29, 0.717) is 18.5 Å². The molecule has 11 N–H and O–H groups in total. The minimum Gasteiger partial charge on any atom is -0.481 e. The Morgan fingerprint density at radius 2 is 1.58 bits per heavy atom. The van der Waals surface area contributed by atoms with Crippen LogP contribution in [-0.2, 0) is 30.4 Å². The topological polar surface area (TPSA) is 252 Å². The molecule has 3 amide bonds. The summed E-state index contributed by atoms with van der Waals surface area (Å²) in [5, 5.41) is 25.2. The Bertz CT molecular complexity index is 936. The largest absolute Gasteiger partial charge is 0.481 e. The summed E-state index contributed by atoms with van der Waals surface area (Å²) >= 11 is 0. The van der Waals surface area contributed by atoms with Crippen molar-refractivity contribution < 1.29 is 34.2 Å². The lowest BCUT2D eigenvalue weighted by atomic mass is 10.0. The number of aliphatic imine (C=N–C) groups is 1. The highest BCUT2D eigenvalue weighted by Crippen LogP contribution is 2.06. The fourth-order valence-electron chi connectivity index (χ4n) is 3.05. The van der Waals surface area contributed by atoms with Crippen molar-refractivity contribution in [2.45, 2.75) is 50.2 Å². The second kappa shape index (κ2) is 15.7. The van der Waals surface area contributed by atoms with E-state index in [2.05, 4.69) is 20.9 Å². The molecule has 198 valence electrons. The molecule has 0 bridgehead atoms. The SMILES string of the molecule is NC(N)=NCCC[C@H](N)C(=O)NCC(=O)N[C@@H](Cc1ccccc1)C(=O)N[C@@H](CCC(=O)O)C(=O)O. The maximum atomic E-state index is 12.8. The number of aliphatic carboxylic acids is 2. The quantitative estimate of drug-likeness (QED) is 0.0671. The normalized spacial score (nSPS) is 12.9. The molecule has 14 nitrogen and oxygen atoms in total. The molecule has 0 aliphatic carbocycles. The summed E-state index contributed by atoms with van der Waals surface area (Å²) in [5.74, 6) is -4.79. The van der Waals surface area contributed by atoms with Gasteiger partial charge in [0.1, 0.15) is 12.1 Å². The van der Waals surface area contributed by atoms with Gasteiger partial charge in [0.05, 0.1) is 12.6 Å². The Labute approximate surface area is 207 Å². The molecule has 1 rings (SSSR count). The highest BCUT2D eigenvalue weighted by Gasteiger charge is 2.27. The first kappa shape index (κ1) is 29.8. The van der Waals surface area contributed by atoms with Crippen molar-refractivity contribution in [3.8, 4) is 0 Å². The molecule has 0 aliphatic rings. The summed E-state index contributed by atoms with van der Waals surface area (Å²) in [7, 11) is 0. The Morgan fingerprint density at radius 3 is 2.17 bits per heavy atom. The van der Waals surface area contributed by atoms with Crippen LogP contribution in [0.3, 0.4) is 0 Å². The third-order valence-electron chi connectivity index (χ3n) is 4.92. The van der Waals surface area contributed by atoms with Gasteiger partial charge in [0.25, 0.3) is 0 Å². The maximum Gasteiger partial charge on any atom is 0.326 e. The highest BCUT2D eigenvalue weighted by molar-refractivity contribution is 5.92. The van der Waals surface area contributed by atoms with E-state index in [-0.39, 0.29) is 25.2 Å². The van der Waals surface area contributed by atoms with Gasteiger partial charge >= 0.3 is 11.9 Å².